The minimum Gasteiger partial charge on any atom is -0.298 e. The average molecular weight is 198 g/mol. The van der Waals surface area contributed by atoms with Gasteiger partial charge in [0.25, 0.3) is 0 Å². The molecule has 0 radical (unpaired) electrons. The first-order valence-electron chi connectivity index (χ1n) is 4.01. The maximum Gasteiger partial charge on any atom is 0.0831 e. The lowest BCUT2D eigenvalue weighted by Crippen LogP contribution is -2.24. The van der Waals surface area contributed by atoms with Crippen LogP contribution in [0.15, 0.2) is 6.20 Å². The van der Waals surface area contributed by atoms with E-state index >= 15 is 0 Å². The van der Waals surface area contributed by atoms with Crippen LogP contribution >= 0.6 is 11.6 Å². The van der Waals surface area contributed by atoms with E-state index in [1.807, 2.05) is 14.0 Å². The molecule has 0 saturated heterocycles. The predicted octanol–water partition coefficient (Wildman–Crippen LogP) is 1.18. The summed E-state index contributed by atoms with van der Waals surface area (Å²) in [5.41, 5.74) is 0.948. The van der Waals surface area contributed by atoms with Crippen molar-refractivity contribution in [2.75, 3.05) is 0 Å². The standard InChI is InChI=1S/C9H12ClN3/c1-4-7(2)11-6-9-8(10)5-12-13(9)3/h1,5,7,11H,6H2,2-3H3. The van der Waals surface area contributed by atoms with E-state index in [0.717, 1.165) is 5.69 Å². The minimum atomic E-state index is 0.0472. The topological polar surface area (TPSA) is 29.9 Å². The van der Waals surface area contributed by atoms with Gasteiger partial charge in [-0.3, -0.25) is 10.00 Å². The Morgan fingerprint density at radius 3 is 3.00 bits per heavy atom. The molecule has 1 unspecified atom stereocenters. The molecule has 0 aliphatic carbocycles. The van der Waals surface area contributed by atoms with Crippen LogP contribution in [0.3, 0.4) is 0 Å². The zero-order valence-electron chi connectivity index (χ0n) is 7.71. The lowest BCUT2D eigenvalue weighted by Gasteiger charge is -2.07. The third-order valence-electron chi connectivity index (χ3n) is 1.84. The van der Waals surface area contributed by atoms with E-state index in [1.54, 1.807) is 10.9 Å². The Kier molecular flexibility index (Phi) is 3.35. The van der Waals surface area contributed by atoms with Gasteiger partial charge in [-0.1, -0.05) is 17.5 Å². The van der Waals surface area contributed by atoms with Gasteiger partial charge in [-0.05, 0) is 6.92 Å². The highest BCUT2D eigenvalue weighted by Gasteiger charge is 2.06. The summed E-state index contributed by atoms with van der Waals surface area (Å²) in [4.78, 5) is 0. The molecule has 0 aliphatic rings. The summed E-state index contributed by atoms with van der Waals surface area (Å²) in [5, 5.41) is 7.81. The van der Waals surface area contributed by atoms with Gasteiger partial charge in [0.05, 0.1) is 23.0 Å². The molecule has 1 atom stereocenters. The second-order valence-corrected chi connectivity index (χ2v) is 3.24. The number of rotatable bonds is 3. The van der Waals surface area contributed by atoms with Crippen LogP contribution in [-0.2, 0) is 13.6 Å². The Balaban J connectivity index is 2.60. The van der Waals surface area contributed by atoms with Gasteiger partial charge >= 0.3 is 0 Å². The van der Waals surface area contributed by atoms with Gasteiger partial charge in [-0.15, -0.1) is 6.42 Å². The molecule has 0 amide bonds. The molecule has 1 aromatic heterocycles. The summed E-state index contributed by atoms with van der Waals surface area (Å²) in [7, 11) is 1.85. The summed E-state index contributed by atoms with van der Waals surface area (Å²) in [6, 6.07) is 0.0472. The monoisotopic (exact) mass is 197 g/mol. The van der Waals surface area contributed by atoms with Gasteiger partial charge in [0.1, 0.15) is 0 Å². The molecule has 1 rings (SSSR count). The fraction of sp³-hybridized carbons (Fsp3) is 0.444. The summed E-state index contributed by atoms with van der Waals surface area (Å²) < 4.78 is 1.73. The zero-order valence-corrected chi connectivity index (χ0v) is 8.47. The number of nitrogens with zero attached hydrogens (tertiary/aromatic N) is 2. The van der Waals surface area contributed by atoms with Gasteiger partial charge < -0.3 is 0 Å². The quantitative estimate of drug-likeness (QED) is 0.738. The fourth-order valence-electron chi connectivity index (χ4n) is 0.944. The predicted molar refractivity (Wildman–Crippen MR) is 53.4 cm³/mol. The lowest BCUT2D eigenvalue weighted by atomic mass is 10.3. The van der Waals surface area contributed by atoms with Crippen LogP contribution < -0.4 is 5.32 Å². The van der Waals surface area contributed by atoms with Crippen molar-refractivity contribution in [1.82, 2.24) is 15.1 Å². The van der Waals surface area contributed by atoms with Crippen molar-refractivity contribution in [2.24, 2.45) is 7.05 Å². The van der Waals surface area contributed by atoms with Gasteiger partial charge in [0, 0.05) is 13.6 Å². The van der Waals surface area contributed by atoms with Crippen LogP contribution in [-0.4, -0.2) is 15.8 Å². The molecule has 4 heteroatoms. The molecule has 70 valence electrons. The molecule has 0 saturated carbocycles. The Labute approximate surface area is 83.1 Å². The molecule has 0 aliphatic heterocycles. The summed E-state index contributed by atoms with van der Waals surface area (Å²) >= 11 is 5.90. The van der Waals surface area contributed by atoms with Gasteiger partial charge in [0.2, 0.25) is 0 Å². The zero-order chi connectivity index (χ0) is 9.84. The van der Waals surface area contributed by atoms with E-state index in [2.05, 4.69) is 16.3 Å². The molecule has 1 heterocycles. The Hall–Kier alpha value is -0.980. The molecule has 0 aromatic carbocycles. The van der Waals surface area contributed by atoms with Crippen molar-refractivity contribution in [3.05, 3.63) is 16.9 Å². The number of hydrogen-bond acceptors (Lipinski definition) is 2. The van der Waals surface area contributed by atoms with Crippen molar-refractivity contribution >= 4 is 11.6 Å². The molecule has 13 heavy (non-hydrogen) atoms. The van der Waals surface area contributed by atoms with Crippen molar-refractivity contribution in [2.45, 2.75) is 19.5 Å². The first kappa shape index (κ1) is 10.1. The average Bonchev–Trinajstić information content (AvgIpc) is 2.43. The molecule has 1 N–H and O–H groups in total. The number of terminal acetylenes is 1. The van der Waals surface area contributed by atoms with Crippen LogP contribution in [0.1, 0.15) is 12.6 Å². The molecule has 3 nitrogen and oxygen atoms in total. The van der Waals surface area contributed by atoms with Crippen LogP contribution in [0.5, 0.6) is 0 Å². The SMILES string of the molecule is C#CC(C)NCc1c(Cl)cnn1C. The highest BCUT2D eigenvalue weighted by atomic mass is 35.5. The van der Waals surface area contributed by atoms with Crippen LogP contribution in [0.4, 0.5) is 0 Å². The summed E-state index contributed by atoms with van der Waals surface area (Å²) in [6.07, 6.45) is 6.84. The van der Waals surface area contributed by atoms with Crippen molar-refractivity contribution in [3.63, 3.8) is 0 Å². The summed E-state index contributed by atoms with van der Waals surface area (Å²) in [6.45, 7) is 2.56. The van der Waals surface area contributed by atoms with Gasteiger partial charge in [-0.25, -0.2) is 0 Å². The lowest BCUT2D eigenvalue weighted by molar-refractivity contribution is 0.601. The Morgan fingerprint density at radius 1 is 1.85 bits per heavy atom. The third kappa shape index (κ3) is 2.48. The Bertz CT molecular complexity index is 305. The fourth-order valence-corrected chi connectivity index (χ4v) is 1.18. The maximum absolute atomic E-state index is 5.90. The third-order valence-corrected chi connectivity index (χ3v) is 2.15. The van der Waals surface area contributed by atoms with E-state index in [-0.39, 0.29) is 6.04 Å². The smallest absolute Gasteiger partial charge is 0.0831 e. The minimum absolute atomic E-state index is 0.0472. The molecule has 0 spiro atoms. The number of aromatic nitrogens is 2. The van der Waals surface area contributed by atoms with E-state index in [4.69, 9.17) is 18.0 Å². The highest BCUT2D eigenvalue weighted by Crippen LogP contribution is 2.13. The molecule has 0 bridgehead atoms. The molecular formula is C9H12ClN3. The van der Waals surface area contributed by atoms with E-state index in [9.17, 15) is 0 Å². The number of aryl methyl sites for hydroxylation is 1. The largest absolute Gasteiger partial charge is 0.298 e. The highest BCUT2D eigenvalue weighted by molar-refractivity contribution is 6.31. The van der Waals surface area contributed by atoms with E-state index < -0.39 is 0 Å². The first-order valence-corrected chi connectivity index (χ1v) is 4.39. The number of hydrogen-bond donors (Lipinski definition) is 1. The molecular weight excluding hydrogens is 186 g/mol. The van der Waals surface area contributed by atoms with Crippen molar-refractivity contribution < 1.29 is 0 Å². The normalized spacial score (nSPS) is 12.5. The molecule has 1 aromatic rings. The van der Waals surface area contributed by atoms with Crippen LogP contribution in [0.25, 0.3) is 0 Å². The summed E-state index contributed by atoms with van der Waals surface area (Å²) in [5.74, 6) is 2.58. The molecule has 0 fully saturated rings. The van der Waals surface area contributed by atoms with Crippen LogP contribution in [0.2, 0.25) is 5.02 Å². The number of nitrogens with one attached hydrogen (secondary N) is 1. The van der Waals surface area contributed by atoms with E-state index in [1.165, 1.54) is 0 Å². The number of halogens is 1. The van der Waals surface area contributed by atoms with Crippen molar-refractivity contribution in [1.29, 1.82) is 0 Å². The maximum atomic E-state index is 5.90. The van der Waals surface area contributed by atoms with Crippen molar-refractivity contribution in [3.8, 4) is 12.3 Å². The van der Waals surface area contributed by atoms with E-state index in [0.29, 0.717) is 11.6 Å². The first-order chi connectivity index (χ1) is 6.15. The van der Waals surface area contributed by atoms with Crippen LogP contribution in [0, 0.1) is 12.3 Å². The second-order valence-electron chi connectivity index (χ2n) is 2.83. The Morgan fingerprint density at radius 2 is 2.54 bits per heavy atom. The van der Waals surface area contributed by atoms with Gasteiger partial charge in [-0.2, -0.15) is 5.10 Å². The second kappa shape index (κ2) is 4.31. The van der Waals surface area contributed by atoms with Gasteiger partial charge in [0.15, 0.2) is 0 Å².